The Morgan fingerprint density at radius 3 is 2.41 bits per heavy atom. The van der Waals surface area contributed by atoms with E-state index in [2.05, 4.69) is 5.32 Å². The Hall–Kier alpha value is -2.58. The summed E-state index contributed by atoms with van der Waals surface area (Å²) in [5.41, 5.74) is 2.62. The average Bonchev–Trinajstić information content (AvgIpc) is 2.80. The number of methoxy groups -OCH3 is 1. The van der Waals surface area contributed by atoms with E-state index in [1.165, 1.54) is 17.5 Å². The van der Waals surface area contributed by atoms with Gasteiger partial charge >= 0.3 is 0 Å². The van der Waals surface area contributed by atoms with Crippen molar-refractivity contribution in [1.29, 1.82) is 0 Å². The molecule has 1 aliphatic rings. The van der Waals surface area contributed by atoms with Crippen LogP contribution in [0.3, 0.4) is 0 Å². The summed E-state index contributed by atoms with van der Waals surface area (Å²) >= 11 is 0. The Morgan fingerprint density at radius 1 is 1.06 bits per heavy atom. The van der Waals surface area contributed by atoms with Gasteiger partial charge in [-0.2, -0.15) is 4.31 Å². The van der Waals surface area contributed by atoms with E-state index in [0.29, 0.717) is 30.9 Å². The van der Waals surface area contributed by atoms with Crippen LogP contribution in [0, 0.1) is 13.8 Å². The van der Waals surface area contributed by atoms with Gasteiger partial charge in [0.1, 0.15) is 16.4 Å². The maximum absolute atomic E-state index is 13.2. The maximum atomic E-state index is 13.2. The SMILES string of the molecule is CC[C@H](Oc1ccc(C)c(C)c1)C(=O)Nc1ccc(OC)c(S(=O)(=O)N2CCCCC2)c1. The molecule has 0 aromatic heterocycles. The highest BCUT2D eigenvalue weighted by Gasteiger charge is 2.29. The molecule has 1 saturated heterocycles. The second kappa shape index (κ2) is 10.4. The second-order valence-corrected chi connectivity index (χ2v) is 9.99. The fourth-order valence-corrected chi connectivity index (χ4v) is 5.40. The monoisotopic (exact) mass is 460 g/mol. The molecule has 1 fully saturated rings. The molecule has 2 aromatic carbocycles. The first-order valence-electron chi connectivity index (χ1n) is 11.0. The van der Waals surface area contributed by atoms with E-state index in [9.17, 15) is 13.2 Å². The number of aryl methyl sites for hydroxylation is 2. The molecular formula is C24H32N2O5S. The van der Waals surface area contributed by atoms with Crippen LogP contribution in [0.5, 0.6) is 11.5 Å². The molecule has 0 unspecified atom stereocenters. The summed E-state index contributed by atoms with van der Waals surface area (Å²) in [4.78, 5) is 12.9. The quantitative estimate of drug-likeness (QED) is 0.635. The van der Waals surface area contributed by atoms with Crippen LogP contribution in [-0.2, 0) is 14.8 Å². The minimum Gasteiger partial charge on any atom is -0.495 e. The molecule has 1 N–H and O–H groups in total. The third kappa shape index (κ3) is 5.42. The number of sulfonamides is 1. The van der Waals surface area contributed by atoms with Gasteiger partial charge in [0.05, 0.1) is 7.11 Å². The van der Waals surface area contributed by atoms with E-state index in [4.69, 9.17) is 9.47 Å². The number of amides is 1. The molecule has 0 aliphatic carbocycles. The highest BCUT2D eigenvalue weighted by atomic mass is 32.2. The molecule has 0 bridgehead atoms. The summed E-state index contributed by atoms with van der Waals surface area (Å²) in [6.07, 6.45) is 2.46. The van der Waals surface area contributed by atoms with E-state index in [1.54, 1.807) is 12.1 Å². The zero-order valence-electron chi connectivity index (χ0n) is 19.2. The van der Waals surface area contributed by atoms with Gasteiger partial charge in [0, 0.05) is 18.8 Å². The van der Waals surface area contributed by atoms with Crippen LogP contribution in [0.25, 0.3) is 0 Å². The van der Waals surface area contributed by atoms with Gasteiger partial charge in [-0.05, 0) is 74.6 Å². The Balaban J connectivity index is 1.80. The lowest BCUT2D eigenvalue weighted by Crippen LogP contribution is -2.36. The van der Waals surface area contributed by atoms with Crippen molar-refractivity contribution < 1.29 is 22.7 Å². The number of carbonyl (C=O) groups excluding carboxylic acids is 1. The summed E-state index contributed by atoms with van der Waals surface area (Å²) in [6.45, 7) is 6.85. The number of nitrogens with zero attached hydrogens (tertiary/aromatic N) is 1. The predicted octanol–water partition coefficient (Wildman–Crippen LogP) is 4.28. The minimum atomic E-state index is -3.72. The zero-order valence-corrected chi connectivity index (χ0v) is 20.0. The van der Waals surface area contributed by atoms with Crippen molar-refractivity contribution in [1.82, 2.24) is 4.31 Å². The molecule has 0 radical (unpaired) electrons. The zero-order chi connectivity index (χ0) is 23.3. The second-order valence-electron chi connectivity index (χ2n) is 8.08. The van der Waals surface area contributed by atoms with Crippen LogP contribution >= 0.6 is 0 Å². The number of hydrogen-bond acceptors (Lipinski definition) is 5. The molecular weight excluding hydrogens is 428 g/mol. The van der Waals surface area contributed by atoms with Gasteiger partial charge in [-0.1, -0.05) is 19.4 Å². The number of piperidine rings is 1. The Morgan fingerprint density at radius 2 is 1.78 bits per heavy atom. The number of hydrogen-bond donors (Lipinski definition) is 1. The van der Waals surface area contributed by atoms with Crippen LogP contribution in [0.15, 0.2) is 41.3 Å². The largest absolute Gasteiger partial charge is 0.495 e. The number of rotatable bonds is 8. The number of benzene rings is 2. The summed E-state index contributed by atoms with van der Waals surface area (Å²) < 4.78 is 39.1. The van der Waals surface area contributed by atoms with Crippen molar-refractivity contribution in [3.8, 4) is 11.5 Å². The molecule has 7 nitrogen and oxygen atoms in total. The van der Waals surface area contributed by atoms with E-state index < -0.39 is 16.1 Å². The van der Waals surface area contributed by atoms with Crippen LogP contribution < -0.4 is 14.8 Å². The number of carbonyl (C=O) groups is 1. The fourth-order valence-electron chi connectivity index (χ4n) is 3.70. The van der Waals surface area contributed by atoms with Gasteiger partial charge in [-0.25, -0.2) is 8.42 Å². The predicted molar refractivity (Wildman–Crippen MR) is 125 cm³/mol. The summed E-state index contributed by atoms with van der Waals surface area (Å²) in [5, 5.41) is 2.80. The summed E-state index contributed by atoms with van der Waals surface area (Å²) in [6, 6.07) is 10.4. The lowest BCUT2D eigenvalue weighted by molar-refractivity contribution is -0.122. The smallest absolute Gasteiger partial charge is 0.265 e. The molecule has 8 heteroatoms. The van der Waals surface area contributed by atoms with Gasteiger partial charge in [0.25, 0.3) is 5.91 Å². The third-order valence-corrected chi connectivity index (χ3v) is 7.70. The van der Waals surface area contributed by atoms with Crippen LogP contribution in [0.2, 0.25) is 0 Å². The van der Waals surface area contributed by atoms with Gasteiger partial charge in [0.2, 0.25) is 10.0 Å². The Labute approximate surface area is 190 Å². The van der Waals surface area contributed by atoms with Gasteiger partial charge in [-0.3, -0.25) is 4.79 Å². The first-order valence-corrected chi connectivity index (χ1v) is 12.4. The van der Waals surface area contributed by atoms with E-state index in [0.717, 1.165) is 30.4 Å². The molecule has 0 spiro atoms. The van der Waals surface area contributed by atoms with Crippen LogP contribution in [0.1, 0.15) is 43.7 Å². The Kier molecular flexibility index (Phi) is 7.79. The molecule has 32 heavy (non-hydrogen) atoms. The summed E-state index contributed by atoms with van der Waals surface area (Å²) in [7, 11) is -2.28. The third-order valence-electron chi connectivity index (χ3n) is 5.78. The lowest BCUT2D eigenvalue weighted by atomic mass is 10.1. The van der Waals surface area contributed by atoms with Gasteiger partial charge in [0.15, 0.2) is 6.10 Å². The lowest BCUT2D eigenvalue weighted by Gasteiger charge is -2.26. The normalized spacial score (nSPS) is 15.8. The summed E-state index contributed by atoms with van der Waals surface area (Å²) in [5.74, 6) is 0.544. The first-order chi connectivity index (χ1) is 15.3. The number of anilines is 1. The van der Waals surface area contributed by atoms with Crippen LogP contribution in [0.4, 0.5) is 5.69 Å². The molecule has 174 valence electrons. The van der Waals surface area contributed by atoms with E-state index >= 15 is 0 Å². The van der Waals surface area contributed by atoms with Crippen molar-refractivity contribution >= 4 is 21.6 Å². The van der Waals surface area contributed by atoms with Gasteiger partial charge in [-0.15, -0.1) is 0 Å². The van der Waals surface area contributed by atoms with Crippen molar-refractivity contribution in [2.75, 3.05) is 25.5 Å². The van der Waals surface area contributed by atoms with Gasteiger partial charge < -0.3 is 14.8 Å². The number of nitrogens with one attached hydrogen (secondary N) is 1. The van der Waals surface area contributed by atoms with Crippen molar-refractivity contribution in [2.24, 2.45) is 0 Å². The molecule has 3 rings (SSSR count). The topological polar surface area (TPSA) is 84.9 Å². The fraction of sp³-hybridized carbons (Fsp3) is 0.458. The molecule has 1 aliphatic heterocycles. The van der Waals surface area contributed by atoms with E-state index in [1.807, 2.05) is 39.0 Å². The van der Waals surface area contributed by atoms with Crippen LogP contribution in [-0.4, -0.2) is 44.9 Å². The van der Waals surface area contributed by atoms with E-state index in [-0.39, 0.29) is 16.6 Å². The first kappa shape index (κ1) is 24.1. The number of ether oxygens (including phenoxy) is 2. The highest BCUT2D eigenvalue weighted by Crippen LogP contribution is 2.31. The van der Waals surface area contributed by atoms with Crippen molar-refractivity contribution in [3.63, 3.8) is 0 Å². The molecule has 1 atom stereocenters. The molecule has 1 amide bonds. The molecule has 1 heterocycles. The average molecular weight is 461 g/mol. The minimum absolute atomic E-state index is 0.0582. The molecule has 0 saturated carbocycles. The standard InChI is InChI=1S/C24H32N2O5S/c1-5-21(31-20-11-9-17(2)18(3)15-20)24(27)25-19-10-12-22(30-4)23(16-19)32(28,29)26-13-7-6-8-14-26/h9-12,15-16,21H,5-8,13-14H2,1-4H3,(H,25,27)/t21-/m0/s1. The maximum Gasteiger partial charge on any atom is 0.265 e. The molecule has 2 aromatic rings. The van der Waals surface area contributed by atoms with Crippen molar-refractivity contribution in [3.05, 3.63) is 47.5 Å². The highest BCUT2D eigenvalue weighted by molar-refractivity contribution is 7.89. The Bertz CT molecular complexity index is 1060. The van der Waals surface area contributed by atoms with Crippen molar-refractivity contribution in [2.45, 2.75) is 57.5 Å².